The number of nitriles is 1. The third-order valence-corrected chi connectivity index (χ3v) is 5.17. The third-order valence-electron chi connectivity index (χ3n) is 4.92. The number of hydrogen-bond acceptors (Lipinski definition) is 4. The first-order valence-corrected chi connectivity index (χ1v) is 9.23. The van der Waals surface area contributed by atoms with Gasteiger partial charge < -0.3 is 10.6 Å². The van der Waals surface area contributed by atoms with Crippen molar-refractivity contribution in [1.82, 2.24) is 4.90 Å². The number of rotatable bonds is 4. The van der Waals surface area contributed by atoms with E-state index in [0.29, 0.717) is 36.9 Å². The summed E-state index contributed by atoms with van der Waals surface area (Å²) in [6.45, 7) is 1.80. The molecule has 1 fully saturated rings. The molecule has 29 heavy (non-hydrogen) atoms. The number of amides is 1. The Hall–Kier alpha value is -2.76. The van der Waals surface area contributed by atoms with Crippen LogP contribution in [-0.4, -0.2) is 37.0 Å². The van der Waals surface area contributed by atoms with E-state index in [9.17, 15) is 23.2 Å². The van der Waals surface area contributed by atoms with E-state index in [2.05, 4.69) is 0 Å². The summed E-state index contributed by atoms with van der Waals surface area (Å²) >= 11 is 5.90. The molecule has 0 spiro atoms. The summed E-state index contributed by atoms with van der Waals surface area (Å²) in [6.07, 6.45) is -4.50. The molecule has 1 aliphatic heterocycles. The second-order valence-electron chi connectivity index (χ2n) is 6.72. The molecule has 152 valence electrons. The zero-order chi connectivity index (χ0) is 21.2. The number of halogens is 4. The van der Waals surface area contributed by atoms with Crippen molar-refractivity contribution in [3.05, 3.63) is 64.2 Å². The van der Waals surface area contributed by atoms with Crippen LogP contribution in [0.2, 0.25) is 5.02 Å². The fourth-order valence-corrected chi connectivity index (χ4v) is 3.62. The summed E-state index contributed by atoms with van der Waals surface area (Å²) in [4.78, 5) is 15.8. The minimum Gasteiger partial charge on any atom is -0.368 e. The highest BCUT2D eigenvalue weighted by Gasteiger charge is 2.33. The predicted molar refractivity (Wildman–Crippen MR) is 103 cm³/mol. The highest BCUT2D eigenvalue weighted by atomic mass is 35.5. The molecule has 1 heterocycles. The minimum absolute atomic E-state index is 0.0302. The highest BCUT2D eigenvalue weighted by Crippen LogP contribution is 2.33. The molecule has 1 unspecified atom stereocenters. The molecule has 0 radical (unpaired) electrons. The second-order valence-corrected chi connectivity index (χ2v) is 7.16. The van der Waals surface area contributed by atoms with Gasteiger partial charge in [0.25, 0.3) is 0 Å². The van der Waals surface area contributed by atoms with Crippen molar-refractivity contribution in [2.75, 3.05) is 31.1 Å². The van der Waals surface area contributed by atoms with Gasteiger partial charge in [-0.25, -0.2) is 0 Å². The molecule has 1 atom stereocenters. The summed E-state index contributed by atoms with van der Waals surface area (Å²) < 4.78 is 38.7. The molecule has 0 saturated carbocycles. The van der Waals surface area contributed by atoms with Crippen LogP contribution < -0.4 is 10.6 Å². The van der Waals surface area contributed by atoms with E-state index < -0.39 is 23.7 Å². The fraction of sp³-hybridized carbons (Fsp3) is 0.300. The Balaban J connectivity index is 1.77. The molecule has 1 aliphatic rings. The molecular weight excluding hydrogens is 405 g/mol. The Morgan fingerprint density at radius 3 is 2.24 bits per heavy atom. The minimum atomic E-state index is -4.50. The number of carbonyl (C=O) groups is 1. The van der Waals surface area contributed by atoms with Gasteiger partial charge >= 0.3 is 6.18 Å². The molecule has 5 nitrogen and oxygen atoms in total. The number of primary amides is 1. The zero-order valence-electron chi connectivity index (χ0n) is 15.3. The van der Waals surface area contributed by atoms with Crippen LogP contribution >= 0.6 is 11.6 Å². The van der Waals surface area contributed by atoms with Gasteiger partial charge in [0.1, 0.15) is 12.1 Å². The van der Waals surface area contributed by atoms with Crippen molar-refractivity contribution in [2.24, 2.45) is 5.73 Å². The van der Waals surface area contributed by atoms with E-state index >= 15 is 0 Å². The van der Waals surface area contributed by atoms with Crippen LogP contribution in [0.5, 0.6) is 0 Å². The summed E-state index contributed by atoms with van der Waals surface area (Å²) in [5.41, 5.74) is 5.90. The van der Waals surface area contributed by atoms with E-state index in [4.69, 9.17) is 17.3 Å². The maximum absolute atomic E-state index is 12.9. The van der Waals surface area contributed by atoms with Crippen molar-refractivity contribution < 1.29 is 18.0 Å². The van der Waals surface area contributed by atoms with Crippen molar-refractivity contribution in [1.29, 1.82) is 5.26 Å². The molecule has 3 rings (SSSR count). The summed E-state index contributed by atoms with van der Waals surface area (Å²) in [7, 11) is 0. The van der Waals surface area contributed by atoms with Crippen LogP contribution in [0.4, 0.5) is 18.9 Å². The highest BCUT2D eigenvalue weighted by molar-refractivity contribution is 6.30. The lowest BCUT2D eigenvalue weighted by Crippen LogP contribution is -2.50. The van der Waals surface area contributed by atoms with E-state index in [1.165, 1.54) is 6.07 Å². The van der Waals surface area contributed by atoms with Gasteiger partial charge in [-0.2, -0.15) is 18.4 Å². The summed E-state index contributed by atoms with van der Waals surface area (Å²) in [6, 6.07) is 11.2. The largest absolute Gasteiger partial charge is 0.416 e. The van der Waals surface area contributed by atoms with E-state index in [1.54, 1.807) is 24.3 Å². The number of hydrogen-bond donors (Lipinski definition) is 1. The number of carbonyl (C=O) groups excluding carboxylic acids is 1. The molecule has 0 bridgehead atoms. The predicted octanol–water partition coefficient (Wildman–Crippen LogP) is 3.58. The monoisotopic (exact) mass is 422 g/mol. The Morgan fingerprint density at radius 2 is 1.72 bits per heavy atom. The average Bonchev–Trinajstić information content (AvgIpc) is 2.69. The number of alkyl halides is 3. The zero-order valence-corrected chi connectivity index (χ0v) is 16.0. The van der Waals surface area contributed by atoms with Crippen LogP contribution in [0.25, 0.3) is 0 Å². The van der Waals surface area contributed by atoms with Gasteiger partial charge in [0.05, 0.1) is 16.8 Å². The fourth-order valence-electron chi connectivity index (χ4n) is 3.50. The quantitative estimate of drug-likeness (QED) is 0.817. The number of anilines is 1. The van der Waals surface area contributed by atoms with Crippen molar-refractivity contribution >= 4 is 23.2 Å². The molecule has 9 heteroatoms. The van der Waals surface area contributed by atoms with E-state index in [0.717, 1.165) is 17.7 Å². The standard InChI is InChI=1S/C20H18ClF3N4O/c21-16-4-1-13(2-5-16)18(19(26)29)28-9-7-27(8-10-28)17-6-3-15(20(22,23)24)11-14(17)12-25/h1-6,11,18H,7-10H2,(H2,26,29). The lowest BCUT2D eigenvalue weighted by Gasteiger charge is -2.39. The van der Waals surface area contributed by atoms with Crippen LogP contribution in [0.15, 0.2) is 42.5 Å². The topological polar surface area (TPSA) is 73.4 Å². The Kier molecular flexibility index (Phi) is 6.01. The number of benzene rings is 2. The molecule has 1 saturated heterocycles. The SMILES string of the molecule is N#Cc1cc(C(F)(F)F)ccc1N1CCN(C(C(N)=O)c2ccc(Cl)cc2)CC1. The van der Waals surface area contributed by atoms with Crippen molar-refractivity contribution in [2.45, 2.75) is 12.2 Å². The van der Waals surface area contributed by atoms with Gasteiger partial charge in [0.2, 0.25) is 5.91 Å². The second kappa shape index (κ2) is 8.31. The molecule has 1 amide bonds. The van der Waals surface area contributed by atoms with Gasteiger partial charge in [-0.15, -0.1) is 0 Å². The molecule has 2 N–H and O–H groups in total. The third kappa shape index (κ3) is 4.63. The Labute approximate surface area is 171 Å². The first-order valence-electron chi connectivity index (χ1n) is 8.86. The Bertz CT molecular complexity index is 932. The maximum Gasteiger partial charge on any atom is 0.416 e. The van der Waals surface area contributed by atoms with Gasteiger partial charge in [-0.05, 0) is 35.9 Å². The Morgan fingerprint density at radius 1 is 1.10 bits per heavy atom. The van der Waals surface area contributed by atoms with Crippen molar-refractivity contribution in [3.8, 4) is 6.07 Å². The molecule has 0 aromatic heterocycles. The van der Waals surface area contributed by atoms with Crippen molar-refractivity contribution in [3.63, 3.8) is 0 Å². The number of nitrogens with zero attached hydrogens (tertiary/aromatic N) is 3. The average molecular weight is 423 g/mol. The van der Waals surface area contributed by atoms with Crippen LogP contribution in [0.1, 0.15) is 22.7 Å². The number of nitrogens with two attached hydrogens (primary N) is 1. The van der Waals surface area contributed by atoms with Gasteiger partial charge in [-0.1, -0.05) is 23.7 Å². The van der Waals surface area contributed by atoms with E-state index in [1.807, 2.05) is 15.9 Å². The lowest BCUT2D eigenvalue weighted by atomic mass is 10.0. The molecule has 0 aliphatic carbocycles. The van der Waals surface area contributed by atoms with Crippen LogP contribution in [0, 0.1) is 11.3 Å². The number of piperazine rings is 1. The van der Waals surface area contributed by atoms with E-state index in [-0.39, 0.29) is 5.56 Å². The molecular formula is C20H18ClF3N4O. The van der Waals surface area contributed by atoms with Gasteiger partial charge in [0.15, 0.2) is 0 Å². The molecule has 2 aromatic carbocycles. The lowest BCUT2D eigenvalue weighted by molar-refractivity contribution is -0.137. The smallest absolute Gasteiger partial charge is 0.368 e. The summed E-state index contributed by atoms with van der Waals surface area (Å²) in [5.74, 6) is -0.493. The van der Waals surface area contributed by atoms with Crippen LogP contribution in [0.3, 0.4) is 0 Å². The summed E-state index contributed by atoms with van der Waals surface area (Å²) in [5, 5.41) is 9.85. The molecule has 2 aromatic rings. The van der Waals surface area contributed by atoms with Gasteiger partial charge in [-0.3, -0.25) is 9.69 Å². The first kappa shape index (κ1) is 21.0. The van der Waals surface area contributed by atoms with Crippen LogP contribution in [-0.2, 0) is 11.0 Å². The normalized spacial score (nSPS) is 16.3. The maximum atomic E-state index is 12.9. The van der Waals surface area contributed by atoms with Gasteiger partial charge in [0, 0.05) is 31.2 Å². The first-order chi connectivity index (χ1) is 13.7.